The number of hydrazine groups is 1. The second kappa shape index (κ2) is 9.01. The van der Waals surface area contributed by atoms with Crippen LogP contribution in [0.15, 0.2) is 48.5 Å². The Kier molecular flexibility index (Phi) is 6.23. The first-order chi connectivity index (χ1) is 13.9. The van der Waals surface area contributed by atoms with Crippen molar-refractivity contribution in [1.29, 1.82) is 0 Å². The van der Waals surface area contributed by atoms with E-state index in [9.17, 15) is 19.2 Å². The van der Waals surface area contributed by atoms with Crippen LogP contribution in [-0.2, 0) is 25.7 Å². The Bertz CT molecular complexity index is 940. The van der Waals surface area contributed by atoms with E-state index in [1.165, 1.54) is 24.3 Å². The molecule has 29 heavy (non-hydrogen) atoms. The first-order valence-corrected chi connectivity index (χ1v) is 9.15. The monoisotopic (exact) mass is 395 g/mol. The number of esters is 1. The summed E-state index contributed by atoms with van der Waals surface area (Å²) in [6.45, 7) is 1.91. The van der Waals surface area contributed by atoms with Gasteiger partial charge in [0, 0.05) is 19.4 Å². The third-order valence-corrected chi connectivity index (χ3v) is 4.48. The van der Waals surface area contributed by atoms with Crippen LogP contribution in [-0.4, -0.2) is 30.3 Å². The Morgan fingerprint density at radius 1 is 1.07 bits per heavy atom. The summed E-state index contributed by atoms with van der Waals surface area (Å²) in [6, 6.07) is 13.7. The van der Waals surface area contributed by atoms with E-state index in [2.05, 4.69) is 10.7 Å². The van der Waals surface area contributed by atoms with Crippen LogP contribution in [0.1, 0.15) is 34.3 Å². The maximum absolute atomic E-state index is 12.1. The van der Waals surface area contributed by atoms with E-state index in [4.69, 9.17) is 4.74 Å². The summed E-state index contributed by atoms with van der Waals surface area (Å²) in [5, 5.41) is 3.86. The minimum Gasteiger partial charge on any atom is -0.452 e. The fourth-order valence-electron chi connectivity index (χ4n) is 2.80. The molecule has 0 aromatic heterocycles. The van der Waals surface area contributed by atoms with Gasteiger partial charge in [-0.05, 0) is 42.3 Å². The van der Waals surface area contributed by atoms with E-state index in [0.29, 0.717) is 12.2 Å². The summed E-state index contributed by atoms with van der Waals surface area (Å²) in [5.41, 5.74) is 5.20. The van der Waals surface area contributed by atoms with Crippen LogP contribution in [0.3, 0.4) is 0 Å². The number of benzene rings is 2. The summed E-state index contributed by atoms with van der Waals surface area (Å²) in [6.07, 6.45) is 0.291. The van der Waals surface area contributed by atoms with E-state index >= 15 is 0 Å². The van der Waals surface area contributed by atoms with Crippen molar-refractivity contribution >= 4 is 29.4 Å². The van der Waals surface area contributed by atoms with Gasteiger partial charge in [-0.3, -0.25) is 19.8 Å². The van der Waals surface area contributed by atoms with E-state index < -0.39 is 18.5 Å². The Labute approximate surface area is 167 Å². The van der Waals surface area contributed by atoms with E-state index in [1.54, 1.807) is 0 Å². The van der Waals surface area contributed by atoms with Gasteiger partial charge < -0.3 is 10.1 Å². The largest absolute Gasteiger partial charge is 0.452 e. The van der Waals surface area contributed by atoms with Gasteiger partial charge in [-0.1, -0.05) is 24.3 Å². The molecule has 1 fully saturated rings. The van der Waals surface area contributed by atoms with Crippen LogP contribution < -0.4 is 15.8 Å². The number of nitrogens with one attached hydrogen (secondary N) is 2. The third-order valence-electron chi connectivity index (χ3n) is 4.48. The average Bonchev–Trinajstić information content (AvgIpc) is 2.73. The van der Waals surface area contributed by atoms with Crippen molar-refractivity contribution in [3.05, 3.63) is 65.2 Å². The van der Waals surface area contributed by atoms with Crippen molar-refractivity contribution in [2.24, 2.45) is 0 Å². The third kappa shape index (κ3) is 5.19. The Balaban J connectivity index is 1.50. The number of anilines is 1. The van der Waals surface area contributed by atoms with Crippen molar-refractivity contribution in [2.75, 3.05) is 11.6 Å². The molecule has 0 saturated carbocycles. The number of ether oxygens (including phenoxy) is 1. The van der Waals surface area contributed by atoms with Gasteiger partial charge >= 0.3 is 5.97 Å². The van der Waals surface area contributed by atoms with E-state index in [-0.39, 0.29) is 30.2 Å². The van der Waals surface area contributed by atoms with Crippen LogP contribution >= 0.6 is 0 Å². The van der Waals surface area contributed by atoms with Gasteiger partial charge in [0.15, 0.2) is 6.61 Å². The Morgan fingerprint density at radius 3 is 2.52 bits per heavy atom. The maximum Gasteiger partial charge on any atom is 0.338 e. The lowest BCUT2D eigenvalue weighted by molar-refractivity contribution is -0.130. The number of hydrogen-bond acceptors (Lipinski definition) is 5. The summed E-state index contributed by atoms with van der Waals surface area (Å²) < 4.78 is 5.03. The molecule has 0 unspecified atom stereocenters. The van der Waals surface area contributed by atoms with E-state index in [0.717, 1.165) is 16.1 Å². The highest BCUT2D eigenvalue weighted by Crippen LogP contribution is 2.18. The number of carbonyl (C=O) groups is 4. The fourth-order valence-corrected chi connectivity index (χ4v) is 2.80. The molecular formula is C21H21N3O5. The quantitative estimate of drug-likeness (QED) is 0.724. The van der Waals surface area contributed by atoms with Crippen LogP contribution in [0.4, 0.5) is 5.69 Å². The number of carbonyl (C=O) groups excluding carboxylic acids is 4. The van der Waals surface area contributed by atoms with E-state index in [1.807, 2.05) is 31.2 Å². The molecule has 1 aliphatic rings. The van der Waals surface area contributed by atoms with Gasteiger partial charge in [-0.2, -0.15) is 0 Å². The smallest absolute Gasteiger partial charge is 0.338 e. The number of hydrogen-bond donors (Lipinski definition) is 2. The zero-order valence-corrected chi connectivity index (χ0v) is 15.9. The molecule has 3 rings (SSSR count). The molecular weight excluding hydrogens is 374 g/mol. The molecule has 0 radical (unpaired) electrons. The number of nitrogens with zero attached hydrogens (tertiary/aromatic N) is 1. The molecule has 2 N–H and O–H groups in total. The second-order valence-corrected chi connectivity index (χ2v) is 6.59. The number of rotatable bonds is 6. The molecule has 0 bridgehead atoms. The molecule has 8 nitrogen and oxygen atoms in total. The van der Waals surface area contributed by atoms with Gasteiger partial charge in [0.1, 0.15) is 0 Å². The van der Waals surface area contributed by atoms with Gasteiger partial charge in [-0.25, -0.2) is 9.80 Å². The highest BCUT2D eigenvalue weighted by Gasteiger charge is 2.24. The molecule has 8 heteroatoms. The van der Waals surface area contributed by atoms with Crippen LogP contribution in [0.5, 0.6) is 0 Å². The average molecular weight is 395 g/mol. The minimum absolute atomic E-state index is 0.132. The maximum atomic E-state index is 12.1. The lowest BCUT2D eigenvalue weighted by atomic mass is 10.1. The van der Waals surface area contributed by atoms with Gasteiger partial charge in [-0.15, -0.1) is 0 Å². The highest BCUT2D eigenvalue weighted by molar-refractivity contribution is 6.01. The molecule has 0 aliphatic carbocycles. The van der Waals surface area contributed by atoms with Crippen LogP contribution in [0, 0.1) is 6.92 Å². The molecule has 1 aliphatic heterocycles. The highest BCUT2D eigenvalue weighted by atomic mass is 16.5. The van der Waals surface area contributed by atoms with Crippen molar-refractivity contribution in [2.45, 2.75) is 26.3 Å². The van der Waals surface area contributed by atoms with Crippen molar-refractivity contribution in [3.63, 3.8) is 0 Å². The summed E-state index contributed by atoms with van der Waals surface area (Å²) in [7, 11) is 0. The molecule has 2 aromatic rings. The van der Waals surface area contributed by atoms with Crippen molar-refractivity contribution in [1.82, 2.24) is 10.7 Å². The number of amides is 3. The summed E-state index contributed by atoms with van der Waals surface area (Å²) >= 11 is 0. The second-order valence-electron chi connectivity index (χ2n) is 6.59. The van der Waals surface area contributed by atoms with Crippen molar-refractivity contribution in [3.8, 4) is 0 Å². The zero-order chi connectivity index (χ0) is 20.8. The van der Waals surface area contributed by atoms with Crippen LogP contribution in [0.25, 0.3) is 0 Å². The van der Waals surface area contributed by atoms with Gasteiger partial charge in [0.2, 0.25) is 11.8 Å². The topological polar surface area (TPSA) is 105 Å². The molecule has 2 aromatic carbocycles. The fraction of sp³-hybridized carbons (Fsp3) is 0.238. The first-order valence-electron chi connectivity index (χ1n) is 9.15. The predicted molar refractivity (Wildman–Crippen MR) is 105 cm³/mol. The molecule has 0 spiro atoms. The Hall–Kier alpha value is -3.68. The molecule has 0 atom stereocenters. The van der Waals surface area contributed by atoms with Crippen molar-refractivity contribution < 1.29 is 23.9 Å². The predicted octanol–water partition coefficient (Wildman–Crippen LogP) is 1.63. The van der Waals surface area contributed by atoms with Gasteiger partial charge in [0.25, 0.3) is 5.91 Å². The molecule has 1 heterocycles. The molecule has 3 amide bonds. The standard InChI is InChI=1S/C21H21N3O5/c1-14-4-2-3-5-16(14)12-22-19(26)13-29-21(28)15-6-8-17(9-7-15)24-20(27)11-10-18(25)23-24/h2-9H,10-13H2,1H3,(H,22,26)(H,23,25). The lowest BCUT2D eigenvalue weighted by Gasteiger charge is -2.27. The minimum atomic E-state index is -0.656. The SMILES string of the molecule is Cc1ccccc1CNC(=O)COC(=O)c1ccc(N2NC(=O)CCC2=O)cc1. The lowest BCUT2D eigenvalue weighted by Crippen LogP contribution is -2.50. The summed E-state index contributed by atoms with van der Waals surface area (Å²) in [4.78, 5) is 47.4. The first kappa shape index (κ1) is 20.1. The normalized spacial score (nSPS) is 13.6. The Morgan fingerprint density at radius 2 is 1.79 bits per heavy atom. The van der Waals surface area contributed by atoms with Gasteiger partial charge in [0.05, 0.1) is 11.3 Å². The zero-order valence-electron chi connectivity index (χ0n) is 15.9. The number of aryl methyl sites for hydroxylation is 1. The molecule has 150 valence electrons. The molecule has 1 saturated heterocycles. The van der Waals surface area contributed by atoms with Crippen LogP contribution in [0.2, 0.25) is 0 Å². The summed E-state index contributed by atoms with van der Waals surface area (Å²) in [5.74, 6) is -1.54.